The lowest BCUT2D eigenvalue weighted by molar-refractivity contribution is -0.148. The van der Waals surface area contributed by atoms with E-state index < -0.39 is 167 Å². The molecule has 0 aliphatic carbocycles. The van der Waals surface area contributed by atoms with Crippen LogP contribution in [-0.2, 0) is 39.8 Å². The van der Waals surface area contributed by atoms with Crippen molar-refractivity contribution in [2.45, 2.75) is 151 Å². The number of rotatable bonds is 15. The molecule has 7 rings (SSSR count). The molecule has 11 unspecified atom stereocenters. The number of carbonyl (C=O) groups excluding carboxylic acids is 7. The van der Waals surface area contributed by atoms with Crippen molar-refractivity contribution in [2.24, 2.45) is 5.92 Å². The van der Waals surface area contributed by atoms with Crippen LogP contribution < -0.4 is 31.1 Å². The molecule has 7 amide bonds. The number of aliphatic hydroxyl groups is 8. The number of fused-ring (bicyclic) bond motifs is 2. The van der Waals surface area contributed by atoms with Crippen molar-refractivity contribution in [3.63, 3.8) is 0 Å². The number of unbranched alkanes of at least 4 members (excludes halogenated alkanes) is 2. The van der Waals surface area contributed by atoms with Crippen molar-refractivity contribution in [1.82, 2.24) is 36.4 Å². The van der Waals surface area contributed by atoms with Crippen molar-refractivity contribution < 1.29 is 99.3 Å². The first kappa shape index (κ1) is 69.4. The highest BCUT2D eigenvalue weighted by Gasteiger charge is 2.50. The summed E-state index contributed by atoms with van der Waals surface area (Å²) >= 11 is 0. The topological polar surface area (TPSA) is 457 Å². The lowest BCUT2D eigenvalue weighted by Gasteiger charge is -2.34. The van der Waals surface area contributed by atoms with E-state index >= 15 is 0 Å². The van der Waals surface area contributed by atoms with E-state index in [0.717, 1.165) is 89.4 Å². The molecule has 3 saturated heterocycles. The minimum Gasteiger partial charge on any atom is -0.412 e. The number of hydrogen-bond acceptors (Lipinski definition) is 17. The van der Waals surface area contributed by atoms with Gasteiger partial charge < -0.3 is 88.2 Å². The van der Waals surface area contributed by atoms with Gasteiger partial charge >= 0.3 is 8.25 Å². The standard InChI is InChI=1S/C58H72N7O18P.2H2O/c1-5-6-7-8-32-9-11-33(12-10-32)34-13-15-35(16-14-34)36-17-19-38(20-18-36)51(73)59-41-26-43(69)54(76)63-56(78)47-48(70)29(2)27-65(47)58(80)45(31(4)67)61-55(77)46(50(72)49(71)37-21-23-40(24-22-37)83-84(81)82)62-53(75)42-25-39(68)28-64(42)57(79)44(30(3)66)60-52(41)74;;/h9-24,29-31,39,41-50,54,66-72,76H,5-8,25-28H2,1-4H3,(H5-,59,60,61,62,63,73,74,75,77,78,81,82);2*1H2/p+1/t29?,30?,31?,39?,41?,42-,43?,44-,45-,46-,47-,48?,49?,50?,54?;;/m0../s1. The number of aryl methyl sites for hydroxylation is 1. The molecule has 3 fully saturated rings. The zero-order chi connectivity index (χ0) is 61.3. The fraction of sp³-hybridized carbons (Fsp3) is 0.466. The maximum Gasteiger partial charge on any atom is 0.747 e. The Hall–Kier alpha value is -7.37. The van der Waals surface area contributed by atoms with Gasteiger partial charge in [-0.25, -0.2) is 4.52 Å². The zero-order valence-corrected chi connectivity index (χ0v) is 48.5. The molecule has 27 nitrogen and oxygen atoms in total. The van der Waals surface area contributed by atoms with E-state index in [9.17, 15) is 83.9 Å². The van der Waals surface area contributed by atoms with Crippen LogP contribution in [0.4, 0.5) is 0 Å². The second-order valence-electron chi connectivity index (χ2n) is 21.7. The molecule has 0 radical (unpaired) electrons. The van der Waals surface area contributed by atoms with Crippen molar-refractivity contribution in [1.29, 1.82) is 0 Å². The highest BCUT2D eigenvalue weighted by molar-refractivity contribution is 7.32. The van der Waals surface area contributed by atoms with Gasteiger partial charge in [0.1, 0.15) is 54.6 Å². The van der Waals surface area contributed by atoms with Crippen molar-refractivity contribution in [2.75, 3.05) is 13.1 Å². The SMILES string of the molecule is CCCCCc1ccc(-c2ccc(-c3ccc(C(=O)NC4CC(O)C(O)NC(=O)[C@@H]5C(O)C(C)CN5C(=O)[C@H](C(C)O)NC(=O)[C@H](C(O)C(O)c5ccc(O[P+](=O)O)cc5)NC(=O)[C@@H]5CC(O)CN5C(=O)[C@H](C(C)O)NC4=O)cc3)cc2)cc1.O.O. The molecule has 3 aliphatic rings. The van der Waals surface area contributed by atoms with Gasteiger partial charge in [-0.2, -0.15) is 0 Å². The molecule has 28 heteroatoms. The first-order chi connectivity index (χ1) is 39.9. The molecule has 18 N–H and O–H groups in total. The third kappa shape index (κ3) is 16.8. The minimum absolute atomic E-state index is 0. The van der Waals surface area contributed by atoms with E-state index in [4.69, 9.17) is 4.52 Å². The Morgan fingerprint density at radius 3 is 1.70 bits per heavy atom. The van der Waals surface area contributed by atoms with E-state index in [0.29, 0.717) is 0 Å². The van der Waals surface area contributed by atoms with Gasteiger partial charge in [0.05, 0.1) is 24.4 Å². The molecular formula is C58H77N7O20P+. The van der Waals surface area contributed by atoms with Crippen LogP contribution in [-0.4, -0.2) is 200 Å². The van der Waals surface area contributed by atoms with Crippen molar-refractivity contribution >= 4 is 49.6 Å². The fourth-order valence-corrected chi connectivity index (χ4v) is 10.8. The van der Waals surface area contributed by atoms with Gasteiger partial charge in [0, 0.05) is 42.0 Å². The van der Waals surface area contributed by atoms with Crippen LogP contribution >= 0.6 is 8.25 Å². The summed E-state index contributed by atoms with van der Waals surface area (Å²) in [5.41, 5.74) is 4.70. The van der Waals surface area contributed by atoms with Gasteiger partial charge in [-0.3, -0.25) is 33.6 Å². The molecule has 16 atom stereocenters. The summed E-state index contributed by atoms with van der Waals surface area (Å²) in [6, 6.07) is 15.2. The van der Waals surface area contributed by atoms with E-state index in [1.165, 1.54) is 31.0 Å². The van der Waals surface area contributed by atoms with Crippen LogP contribution in [0.5, 0.6) is 5.75 Å². The van der Waals surface area contributed by atoms with Crippen LogP contribution in [0.3, 0.4) is 0 Å². The lowest BCUT2D eigenvalue weighted by atomic mass is 9.96. The summed E-state index contributed by atoms with van der Waals surface area (Å²) < 4.78 is 16.0. The molecule has 0 spiro atoms. The smallest absolute Gasteiger partial charge is 0.412 e. The molecule has 3 aliphatic heterocycles. The quantitative estimate of drug-likeness (QED) is 0.0448. The van der Waals surface area contributed by atoms with Crippen LogP contribution in [0.15, 0.2) is 97.1 Å². The molecule has 4 aromatic carbocycles. The number of benzene rings is 4. The van der Waals surface area contributed by atoms with Gasteiger partial charge in [0.15, 0.2) is 12.0 Å². The van der Waals surface area contributed by atoms with E-state index in [1.807, 2.05) is 24.3 Å². The van der Waals surface area contributed by atoms with Gasteiger partial charge in [-0.15, -0.1) is 4.89 Å². The average molecular weight is 1220 g/mol. The van der Waals surface area contributed by atoms with Crippen LogP contribution in [0.25, 0.3) is 22.3 Å². The molecule has 4 aromatic rings. The Bertz CT molecular complexity index is 2990. The fourth-order valence-electron chi connectivity index (χ4n) is 10.5. The Labute approximate surface area is 495 Å². The number of hydrogen-bond donors (Lipinski definition) is 14. The molecule has 468 valence electrons. The van der Waals surface area contributed by atoms with Gasteiger partial charge in [-0.1, -0.05) is 99.5 Å². The maximum absolute atomic E-state index is 14.5. The van der Waals surface area contributed by atoms with Crippen LogP contribution in [0, 0.1) is 5.92 Å². The van der Waals surface area contributed by atoms with Gasteiger partial charge in [0.25, 0.3) is 5.91 Å². The Balaban J connectivity index is 0.00000675. The molecule has 0 saturated carbocycles. The predicted molar refractivity (Wildman–Crippen MR) is 308 cm³/mol. The van der Waals surface area contributed by atoms with E-state index in [-0.39, 0.29) is 27.8 Å². The molecule has 3 heterocycles. The first-order valence-corrected chi connectivity index (χ1v) is 28.8. The van der Waals surface area contributed by atoms with Gasteiger partial charge in [0.2, 0.25) is 35.4 Å². The average Bonchev–Trinajstić information content (AvgIpc) is 2.02. The zero-order valence-electron chi connectivity index (χ0n) is 47.6. The predicted octanol–water partition coefficient (Wildman–Crippen LogP) is -2.09. The van der Waals surface area contributed by atoms with Crippen molar-refractivity contribution in [3.8, 4) is 28.0 Å². The Morgan fingerprint density at radius 2 is 1.16 bits per heavy atom. The monoisotopic (exact) mass is 1220 g/mol. The number of amides is 7. The molecule has 0 aromatic heterocycles. The molecule has 86 heavy (non-hydrogen) atoms. The number of carbonyl (C=O) groups is 7. The summed E-state index contributed by atoms with van der Waals surface area (Å²) in [5, 5.41) is 102. The Morgan fingerprint density at radius 1 is 0.651 bits per heavy atom. The molecule has 0 bridgehead atoms. The minimum atomic E-state index is -3.10. The largest absolute Gasteiger partial charge is 0.747 e. The number of nitrogens with zero attached hydrogens (tertiary/aromatic N) is 2. The molecular weight excluding hydrogens is 1150 g/mol. The summed E-state index contributed by atoms with van der Waals surface area (Å²) in [5.74, 6) is -9.54. The maximum atomic E-state index is 14.5. The van der Waals surface area contributed by atoms with Crippen LogP contribution in [0.2, 0.25) is 0 Å². The van der Waals surface area contributed by atoms with E-state index in [2.05, 4.69) is 57.8 Å². The summed E-state index contributed by atoms with van der Waals surface area (Å²) in [6.07, 6.45) is -12.6. The van der Waals surface area contributed by atoms with E-state index in [1.54, 1.807) is 12.1 Å². The summed E-state index contributed by atoms with van der Waals surface area (Å²) in [6.45, 7) is 4.78. The third-order valence-corrected chi connectivity index (χ3v) is 15.7. The second kappa shape index (κ2) is 30.8. The summed E-state index contributed by atoms with van der Waals surface area (Å²) in [4.78, 5) is 111. The number of aliphatic hydroxyl groups excluding tert-OH is 8. The van der Waals surface area contributed by atoms with Gasteiger partial charge in [-0.05, 0) is 84.3 Å². The third-order valence-electron chi connectivity index (χ3n) is 15.4. The normalized spacial score (nSPS) is 26.7. The van der Waals surface area contributed by atoms with Crippen molar-refractivity contribution in [3.05, 3.63) is 114 Å². The number of nitrogens with one attached hydrogen (secondary N) is 5. The second-order valence-corrected chi connectivity index (χ2v) is 22.3. The lowest BCUT2D eigenvalue weighted by Crippen LogP contribution is -2.64. The highest BCUT2D eigenvalue weighted by atomic mass is 31.1. The first-order valence-electron chi connectivity index (χ1n) is 27.7. The Kier molecular flexibility index (Phi) is 24.9. The highest BCUT2D eigenvalue weighted by Crippen LogP contribution is 2.30. The van der Waals surface area contributed by atoms with Crippen LogP contribution in [0.1, 0.15) is 87.4 Å². The summed E-state index contributed by atoms with van der Waals surface area (Å²) in [7, 11) is -3.10.